The van der Waals surface area contributed by atoms with Crippen molar-refractivity contribution in [2.24, 2.45) is 0 Å². The smallest absolute Gasteiger partial charge is 0.256 e. The lowest BCUT2D eigenvalue weighted by Gasteiger charge is -2.29. The van der Waals surface area contributed by atoms with E-state index < -0.39 is 6.04 Å². The monoisotopic (exact) mass is 395 g/mol. The molecule has 2 saturated heterocycles. The van der Waals surface area contributed by atoms with Gasteiger partial charge in [-0.2, -0.15) is 0 Å². The van der Waals surface area contributed by atoms with Crippen molar-refractivity contribution < 1.29 is 19.1 Å². The maximum Gasteiger partial charge on any atom is 0.256 e. The Balaban J connectivity index is 1.43. The van der Waals surface area contributed by atoms with E-state index in [1.807, 2.05) is 55.5 Å². The highest BCUT2D eigenvalue weighted by Gasteiger charge is 2.39. The van der Waals surface area contributed by atoms with Crippen molar-refractivity contribution >= 4 is 28.9 Å². The number of morpholine rings is 1. The summed E-state index contributed by atoms with van der Waals surface area (Å²) >= 11 is 0. The third kappa shape index (κ3) is 4.19. The summed E-state index contributed by atoms with van der Waals surface area (Å²) in [6.45, 7) is 5.64. The molecule has 0 radical (unpaired) electrons. The molecule has 0 aromatic heterocycles. The first-order chi connectivity index (χ1) is 14.2. The summed E-state index contributed by atoms with van der Waals surface area (Å²) in [6, 6.07) is 14.4. The lowest BCUT2D eigenvalue weighted by atomic mass is 10.2. The van der Waals surface area contributed by atoms with Gasteiger partial charge in [0.25, 0.3) is 5.91 Å². The fourth-order valence-electron chi connectivity index (χ4n) is 3.67. The minimum atomic E-state index is -0.570. The largest absolute Gasteiger partial charge is 0.494 e. The minimum absolute atomic E-state index is 0.136. The molecule has 4 rings (SSSR count). The van der Waals surface area contributed by atoms with Crippen LogP contribution in [0.1, 0.15) is 13.3 Å². The molecule has 0 aliphatic carbocycles. The quantitative estimate of drug-likeness (QED) is 0.759. The van der Waals surface area contributed by atoms with Gasteiger partial charge in [-0.05, 0) is 55.5 Å². The van der Waals surface area contributed by atoms with Crippen LogP contribution >= 0.6 is 0 Å². The van der Waals surface area contributed by atoms with Crippen LogP contribution in [0.5, 0.6) is 5.75 Å². The molecule has 29 heavy (non-hydrogen) atoms. The lowest BCUT2D eigenvalue weighted by molar-refractivity contribution is -0.121. The molecule has 2 heterocycles. The van der Waals surface area contributed by atoms with Crippen molar-refractivity contribution in [2.75, 3.05) is 48.0 Å². The molecule has 2 aliphatic rings. The summed E-state index contributed by atoms with van der Waals surface area (Å²) in [5.41, 5.74) is 2.46. The molecule has 2 aliphatic heterocycles. The van der Waals surface area contributed by atoms with Gasteiger partial charge in [0.1, 0.15) is 11.8 Å². The van der Waals surface area contributed by atoms with E-state index in [1.165, 1.54) is 4.90 Å². The second-order valence-corrected chi connectivity index (χ2v) is 7.04. The number of anilines is 3. The summed E-state index contributed by atoms with van der Waals surface area (Å²) in [5.74, 6) is 0.342. The molecule has 1 N–H and O–H groups in total. The van der Waals surface area contributed by atoms with Crippen molar-refractivity contribution in [2.45, 2.75) is 19.4 Å². The van der Waals surface area contributed by atoms with Crippen LogP contribution in [0.25, 0.3) is 0 Å². The van der Waals surface area contributed by atoms with Crippen molar-refractivity contribution in [3.8, 4) is 5.75 Å². The van der Waals surface area contributed by atoms with Gasteiger partial charge in [0.15, 0.2) is 0 Å². The molecule has 2 amide bonds. The summed E-state index contributed by atoms with van der Waals surface area (Å²) < 4.78 is 10.8. The van der Waals surface area contributed by atoms with Crippen LogP contribution < -0.4 is 19.9 Å². The van der Waals surface area contributed by atoms with Gasteiger partial charge in [0.05, 0.1) is 31.9 Å². The Morgan fingerprint density at radius 1 is 1.00 bits per heavy atom. The molecule has 0 bridgehead atoms. The predicted octanol–water partition coefficient (Wildman–Crippen LogP) is 2.67. The van der Waals surface area contributed by atoms with Crippen molar-refractivity contribution in [1.82, 2.24) is 0 Å². The maximum absolute atomic E-state index is 12.9. The van der Waals surface area contributed by atoms with E-state index in [2.05, 4.69) is 10.2 Å². The average Bonchev–Trinajstić information content (AvgIpc) is 3.03. The SMILES string of the molecule is CCOc1ccc(N[C@@H]2CC(=O)N(c3ccc(N4CCOCC4)cc3)C2=O)cc1. The fraction of sp³-hybridized carbons (Fsp3) is 0.364. The second kappa shape index (κ2) is 8.53. The van der Waals surface area contributed by atoms with Crippen molar-refractivity contribution in [3.63, 3.8) is 0 Å². The zero-order chi connectivity index (χ0) is 20.2. The Hall–Kier alpha value is -3.06. The van der Waals surface area contributed by atoms with E-state index in [9.17, 15) is 9.59 Å². The van der Waals surface area contributed by atoms with Gasteiger partial charge in [-0.1, -0.05) is 0 Å². The minimum Gasteiger partial charge on any atom is -0.494 e. The van der Waals surface area contributed by atoms with Gasteiger partial charge in [-0.25, -0.2) is 4.90 Å². The second-order valence-electron chi connectivity index (χ2n) is 7.04. The van der Waals surface area contributed by atoms with Crippen LogP contribution in [-0.2, 0) is 14.3 Å². The number of carbonyl (C=O) groups excluding carboxylic acids is 2. The maximum atomic E-state index is 12.9. The Labute approximate surface area is 170 Å². The number of imide groups is 1. The summed E-state index contributed by atoms with van der Waals surface area (Å²) in [5, 5.41) is 3.16. The molecular formula is C22H25N3O4. The number of nitrogens with zero attached hydrogens (tertiary/aromatic N) is 2. The Morgan fingerprint density at radius 3 is 2.31 bits per heavy atom. The van der Waals surface area contributed by atoms with Crippen molar-refractivity contribution in [1.29, 1.82) is 0 Å². The van der Waals surface area contributed by atoms with Crippen LogP contribution in [0.3, 0.4) is 0 Å². The van der Waals surface area contributed by atoms with Gasteiger partial charge in [-0.15, -0.1) is 0 Å². The normalized spacial score (nSPS) is 19.6. The van der Waals surface area contributed by atoms with Gasteiger partial charge in [-0.3, -0.25) is 9.59 Å². The molecule has 1 atom stereocenters. The number of hydrogen-bond donors (Lipinski definition) is 1. The van der Waals surface area contributed by atoms with Crippen LogP contribution in [0.15, 0.2) is 48.5 Å². The van der Waals surface area contributed by atoms with Crippen LogP contribution in [-0.4, -0.2) is 50.8 Å². The van der Waals surface area contributed by atoms with Crippen LogP contribution in [0.2, 0.25) is 0 Å². The summed E-state index contributed by atoms with van der Waals surface area (Å²) in [4.78, 5) is 28.9. The van der Waals surface area contributed by atoms with E-state index in [1.54, 1.807) is 0 Å². The van der Waals surface area contributed by atoms with E-state index in [0.717, 1.165) is 30.2 Å². The van der Waals surface area contributed by atoms with Gasteiger partial charge >= 0.3 is 0 Å². The molecule has 7 nitrogen and oxygen atoms in total. The highest BCUT2D eigenvalue weighted by atomic mass is 16.5. The zero-order valence-electron chi connectivity index (χ0n) is 16.5. The van der Waals surface area contributed by atoms with Gasteiger partial charge in [0.2, 0.25) is 5.91 Å². The number of nitrogens with one attached hydrogen (secondary N) is 1. The molecule has 2 fully saturated rings. The Kier molecular flexibility index (Phi) is 5.67. The third-order valence-corrected chi connectivity index (χ3v) is 5.14. The molecule has 2 aromatic rings. The summed E-state index contributed by atoms with van der Waals surface area (Å²) in [7, 11) is 0. The molecule has 0 saturated carbocycles. The number of hydrogen-bond acceptors (Lipinski definition) is 6. The molecule has 2 aromatic carbocycles. The van der Waals surface area contributed by atoms with E-state index >= 15 is 0 Å². The standard InChI is InChI=1S/C22H25N3O4/c1-2-29-19-9-3-16(4-10-19)23-20-15-21(26)25(22(20)27)18-7-5-17(6-8-18)24-11-13-28-14-12-24/h3-10,20,23H,2,11-15H2,1H3/t20-/m1/s1. The molecule has 152 valence electrons. The average molecular weight is 395 g/mol. The topological polar surface area (TPSA) is 71.1 Å². The molecule has 0 spiro atoms. The van der Waals surface area contributed by atoms with E-state index in [-0.39, 0.29) is 18.2 Å². The van der Waals surface area contributed by atoms with Crippen LogP contribution in [0.4, 0.5) is 17.1 Å². The predicted molar refractivity (Wildman–Crippen MR) is 112 cm³/mol. The molecule has 7 heteroatoms. The number of rotatable bonds is 6. The third-order valence-electron chi connectivity index (χ3n) is 5.14. The first-order valence-corrected chi connectivity index (χ1v) is 9.94. The fourth-order valence-corrected chi connectivity index (χ4v) is 3.67. The number of benzene rings is 2. The highest BCUT2D eigenvalue weighted by molar-refractivity contribution is 6.23. The zero-order valence-corrected chi connectivity index (χ0v) is 16.5. The first-order valence-electron chi connectivity index (χ1n) is 9.94. The van der Waals surface area contributed by atoms with Crippen LogP contribution in [0, 0.1) is 0 Å². The number of ether oxygens (including phenoxy) is 2. The number of amides is 2. The lowest BCUT2D eigenvalue weighted by Crippen LogP contribution is -2.36. The van der Waals surface area contributed by atoms with Gasteiger partial charge < -0.3 is 19.7 Å². The van der Waals surface area contributed by atoms with E-state index in [4.69, 9.17) is 9.47 Å². The Morgan fingerprint density at radius 2 is 1.66 bits per heavy atom. The van der Waals surface area contributed by atoms with Crippen molar-refractivity contribution in [3.05, 3.63) is 48.5 Å². The molecular weight excluding hydrogens is 370 g/mol. The Bertz CT molecular complexity index is 861. The van der Waals surface area contributed by atoms with E-state index in [0.29, 0.717) is 25.5 Å². The number of carbonyl (C=O) groups is 2. The van der Waals surface area contributed by atoms with Gasteiger partial charge in [0, 0.05) is 24.5 Å². The first kappa shape index (κ1) is 19.3. The molecule has 0 unspecified atom stereocenters. The highest BCUT2D eigenvalue weighted by Crippen LogP contribution is 2.28. The summed E-state index contributed by atoms with van der Waals surface area (Å²) in [6.07, 6.45) is 0.136.